The first-order chi connectivity index (χ1) is 6.42. The topological polar surface area (TPSA) is 58.3 Å². The summed E-state index contributed by atoms with van der Waals surface area (Å²) in [4.78, 5) is 4.13. The molecule has 0 spiro atoms. The van der Waals surface area contributed by atoms with Gasteiger partial charge in [0.25, 0.3) is 0 Å². The Kier molecular flexibility index (Phi) is 2.14. The van der Waals surface area contributed by atoms with Crippen molar-refractivity contribution in [3.63, 3.8) is 0 Å². The maximum absolute atomic E-state index is 8.64. The van der Waals surface area contributed by atoms with E-state index in [1.165, 1.54) is 0 Å². The van der Waals surface area contributed by atoms with Gasteiger partial charge in [0.05, 0.1) is 18.3 Å². The Morgan fingerprint density at radius 3 is 3.23 bits per heavy atom. The number of nitrogens with zero attached hydrogens (tertiary/aromatic N) is 1. The van der Waals surface area contributed by atoms with Crippen molar-refractivity contribution in [3.8, 4) is 0 Å². The van der Waals surface area contributed by atoms with E-state index in [1.807, 2.05) is 6.07 Å². The van der Waals surface area contributed by atoms with Gasteiger partial charge in [0.1, 0.15) is 11.4 Å². The second-order valence-corrected chi connectivity index (χ2v) is 2.64. The number of pyridine rings is 1. The van der Waals surface area contributed by atoms with E-state index in [-0.39, 0.29) is 6.61 Å². The molecule has 4 nitrogen and oxygen atoms in total. The molecule has 0 aliphatic heterocycles. The molecule has 0 fully saturated rings. The van der Waals surface area contributed by atoms with Crippen LogP contribution >= 0.6 is 0 Å². The number of furan rings is 1. The van der Waals surface area contributed by atoms with Gasteiger partial charge in [0.15, 0.2) is 0 Å². The lowest BCUT2D eigenvalue weighted by molar-refractivity contribution is 0.311. The zero-order chi connectivity index (χ0) is 9.10. The van der Waals surface area contributed by atoms with Crippen LogP contribution < -0.4 is 5.32 Å². The maximum Gasteiger partial charge on any atom is 0.139 e. The summed E-state index contributed by atoms with van der Waals surface area (Å²) < 4.78 is 5.20. The fraction of sp³-hybridized carbons (Fsp3) is 0.222. The lowest BCUT2D eigenvalue weighted by Crippen LogP contribution is -2.06. The van der Waals surface area contributed by atoms with E-state index >= 15 is 0 Å². The van der Waals surface area contributed by atoms with Gasteiger partial charge in [-0.1, -0.05) is 0 Å². The second-order valence-electron chi connectivity index (χ2n) is 2.64. The number of rotatable bonds is 3. The van der Waals surface area contributed by atoms with Crippen molar-refractivity contribution >= 4 is 16.8 Å². The van der Waals surface area contributed by atoms with Gasteiger partial charge in [-0.2, -0.15) is 0 Å². The van der Waals surface area contributed by atoms with E-state index in [1.54, 1.807) is 18.5 Å². The Hall–Kier alpha value is -1.55. The summed E-state index contributed by atoms with van der Waals surface area (Å²) in [6.45, 7) is 0.590. The normalized spacial score (nSPS) is 10.5. The van der Waals surface area contributed by atoms with Crippen LogP contribution in [-0.4, -0.2) is 23.2 Å². The highest BCUT2D eigenvalue weighted by Crippen LogP contribution is 2.21. The smallest absolute Gasteiger partial charge is 0.139 e. The van der Waals surface area contributed by atoms with Crippen molar-refractivity contribution in [1.82, 2.24) is 4.98 Å². The Bertz CT molecular complexity index is 397. The molecule has 0 radical (unpaired) electrons. The van der Waals surface area contributed by atoms with Crippen LogP contribution in [0.1, 0.15) is 0 Å². The average Bonchev–Trinajstić information content (AvgIpc) is 2.62. The van der Waals surface area contributed by atoms with Crippen LogP contribution in [0.2, 0.25) is 0 Å². The van der Waals surface area contributed by atoms with Gasteiger partial charge in [0.2, 0.25) is 0 Å². The summed E-state index contributed by atoms with van der Waals surface area (Å²) >= 11 is 0. The number of hydrogen-bond donors (Lipinski definition) is 2. The fourth-order valence-electron chi connectivity index (χ4n) is 1.21. The zero-order valence-electron chi connectivity index (χ0n) is 7.03. The van der Waals surface area contributed by atoms with Crippen LogP contribution in [0.25, 0.3) is 11.0 Å². The highest BCUT2D eigenvalue weighted by molar-refractivity contribution is 5.87. The SMILES string of the molecule is OCCNc1nccc2occc12. The third-order valence-electron chi connectivity index (χ3n) is 1.78. The van der Waals surface area contributed by atoms with E-state index in [2.05, 4.69) is 10.3 Å². The lowest BCUT2D eigenvalue weighted by Gasteiger charge is -2.02. The van der Waals surface area contributed by atoms with E-state index in [0.717, 1.165) is 16.8 Å². The zero-order valence-corrected chi connectivity index (χ0v) is 7.03. The van der Waals surface area contributed by atoms with Crippen LogP contribution in [0.5, 0.6) is 0 Å². The molecule has 13 heavy (non-hydrogen) atoms. The molecule has 0 aliphatic rings. The highest BCUT2D eigenvalue weighted by atomic mass is 16.3. The summed E-state index contributed by atoms with van der Waals surface area (Å²) in [5, 5.41) is 12.6. The Morgan fingerprint density at radius 2 is 2.38 bits per heavy atom. The molecule has 0 aliphatic carbocycles. The predicted octanol–water partition coefficient (Wildman–Crippen LogP) is 1.23. The maximum atomic E-state index is 8.64. The number of fused-ring (bicyclic) bond motifs is 1. The summed E-state index contributed by atoms with van der Waals surface area (Å²) in [7, 11) is 0. The molecule has 0 unspecified atom stereocenters. The van der Waals surface area contributed by atoms with Gasteiger partial charge in [-0.25, -0.2) is 4.98 Å². The van der Waals surface area contributed by atoms with E-state index in [9.17, 15) is 0 Å². The quantitative estimate of drug-likeness (QED) is 0.742. The van der Waals surface area contributed by atoms with Crippen molar-refractivity contribution in [2.24, 2.45) is 0 Å². The summed E-state index contributed by atoms with van der Waals surface area (Å²) in [6, 6.07) is 3.65. The number of hydrogen-bond acceptors (Lipinski definition) is 4. The molecule has 2 aromatic rings. The molecule has 4 heteroatoms. The molecular formula is C9H10N2O2. The van der Waals surface area contributed by atoms with E-state index in [4.69, 9.17) is 9.52 Å². The first-order valence-corrected chi connectivity index (χ1v) is 4.09. The third kappa shape index (κ3) is 1.48. The molecule has 0 atom stereocenters. The molecule has 2 heterocycles. The highest BCUT2D eigenvalue weighted by Gasteiger charge is 2.02. The second kappa shape index (κ2) is 3.45. The average molecular weight is 178 g/mol. The summed E-state index contributed by atoms with van der Waals surface area (Å²) in [6.07, 6.45) is 3.29. The van der Waals surface area contributed by atoms with E-state index < -0.39 is 0 Å². The van der Waals surface area contributed by atoms with Gasteiger partial charge in [0, 0.05) is 12.7 Å². The minimum Gasteiger partial charge on any atom is -0.464 e. The summed E-state index contributed by atoms with van der Waals surface area (Å²) in [5.74, 6) is 0.750. The van der Waals surface area contributed by atoms with Gasteiger partial charge in [-0.15, -0.1) is 0 Å². The predicted molar refractivity (Wildman–Crippen MR) is 49.6 cm³/mol. The number of aliphatic hydroxyl groups is 1. The molecule has 0 bridgehead atoms. The molecule has 0 saturated heterocycles. The van der Waals surface area contributed by atoms with Crippen LogP contribution in [0.4, 0.5) is 5.82 Å². The van der Waals surface area contributed by atoms with Crippen LogP contribution in [0, 0.1) is 0 Å². The standard InChI is InChI=1S/C9H10N2O2/c12-5-4-11-9-7-2-6-13-8(7)1-3-10-9/h1-3,6,12H,4-5H2,(H,10,11). The molecule has 2 aromatic heterocycles. The molecule has 0 amide bonds. The van der Waals surface area contributed by atoms with Crippen molar-refractivity contribution in [1.29, 1.82) is 0 Å². The number of aliphatic hydroxyl groups excluding tert-OH is 1. The van der Waals surface area contributed by atoms with Gasteiger partial charge in [-0.05, 0) is 12.1 Å². The Balaban J connectivity index is 2.37. The number of aromatic nitrogens is 1. The van der Waals surface area contributed by atoms with Gasteiger partial charge in [-0.3, -0.25) is 0 Å². The van der Waals surface area contributed by atoms with Crippen LogP contribution in [0.15, 0.2) is 29.0 Å². The molecule has 2 rings (SSSR count). The van der Waals surface area contributed by atoms with Crippen LogP contribution in [-0.2, 0) is 0 Å². The monoisotopic (exact) mass is 178 g/mol. The molecule has 0 aromatic carbocycles. The minimum absolute atomic E-state index is 0.0932. The van der Waals surface area contributed by atoms with Crippen molar-refractivity contribution in [2.45, 2.75) is 0 Å². The van der Waals surface area contributed by atoms with Gasteiger partial charge < -0.3 is 14.8 Å². The Labute approximate surface area is 75.2 Å². The summed E-state index contributed by atoms with van der Waals surface area (Å²) in [5.41, 5.74) is 0.801. The fourth-order valence-corrected chi connectivity index (χ4v) is 1.21. The number of nitrogens with one attached hydrogen (secondary N) is 1. The van der Waals surface area contributed by atoms with Crippen molar-refractivity contribution in [3.05, 3.63) is 24.6 Å². The molecule has 0 saturated carbocycles. The minimum atomic E-state index is 0.0932. The molecular weight excluding hydrogens is 168 g/mol. The largest absolute Gasteiger partial charge is 0.464 e. The Morgan fingerprint density at radius 1 is 1.46 bits per heavy atom. The van der Waals surface area contributed by atoms with Crippen molar-refractivity contribution < 1.29 is 9.52 Å². The van der Waals surface area contributed by atoms with Gasteiger partial charge >= 0.3 is 0 Å². The first-order valence-electron chi connectivity index (χ1n) is 4.09. The number of anilines is 1. The lowest BCUT2D eigenvalue weighted by atomic mass is 10.3. The van der Waals surface area contributed by atoms with Crippen molar-refractivity contribution in [2.75, 3.05) is 18.5 Å². The first kappa shape index (κ1) is 8.07. The van der Waals surface area contributed by atoms with Crippen LogP contribution in [0.3, 0.4) is 0 Å². The molecule has 68 valence electrons. The molecule has 2 N–H and O–H groups in total. The third-order valence-corrected chi connectivity index (χ3v) is 1.78. The van der Waals surface area contributed by atoms with E-state index in [0.29, 0.717) is 6.54 Å².